The zero-order valence-electron chi connectivity index (χ0n) is 15.0. The number of nitrogens with zero attached hydrogens (tertiary/aromatic N) is 2. The first-order valence-corrected chi connectivity index (χ1v) is 10.6. The van der Waals surface area contributed by atoms with Crippen molar-refractivity contribution in [1.29, 1.82) is 0 Å². The van der Waals surface area contributed by atoms with Gasteiger partial charge in [0.2, 0.25) is 6.23 Å². The third-order valence-corrected chi connectivity index (χ3v) is 6.16. The molecule has 0 saturated heterocycles. The maximum Gasteiger partial charge on any atom is 0.217 e. The van der Waals surface area contributed by atoms with Crippen molar-refractivity contribution in [1.82, 2.24) is 5.01 Å². The first kappa shape index (κ1) is 18.8. The van der Waals surface area contributed by atoms with Gasteiger partial charge in [0.05, 0.1) is 22.3 Å². The van der Waals surface area contributed by atoms with E-state index in [1.54, 1.807) is 18.2 Å². The second-order valence-corrected chi connectivity index (χ2v) is 8.75. The van der Waals surface area contributed by atoms with Gasteiger partial charge in [0.1, 0.15) is 11.5 Å². The summed E-state index contributed by atoms with van der Waals surface area (Å²) in [5.41, 5.74) is 3.50. The van der Waals surface area contributed by atoms with Crippen molar-refractivity contribution in [2.75, 3.05) is 0 Å². The molecule has 4 nitrogen and oxygen atoms in total. The molecule has 0 bridgehead atoms. The van der Waals surface area contributed by atoms with E-state index in [9.17, 15) is 5.11 Å². The molecule has 2 atom stereocenters. The number of hydrogen-bond acceptors (Lipinski definition) is 4. The van der Waals surface area contributed by atoms with Crippen LogP contribution in [0.1, 0.15) is 35.4 Å². The first-order chi connectivity index (χ1) is 14.0. The topological polar surface area (TPSA) is 45.1 Å². The number of benzene rings is 3. The van der Waals surface area contributed by atoms with Crippen LogP contribution in [0.25, 0.3) is 0 Å². The average Bonchev–Trinajstić information content (AvgIpc) is 3.16. The van der Waals surface area contributed by atoms with Crippen LogP contribution in [-0.2, 0) is 0 Å². The Kier molecular flexibility index (Phi) is 4.69. The van der Waals surface area contributed by atoms with Crippen LogP contribution in [0.5, 0.6) is 11.5 Å². The maximum absolute atomic E-state index is 10.5. The van der Waals surface area contributed by atoms with Crippen LogP contribution in [0.3, 0.4) is 0 Å². The third kappa shape index (κ3) is 3.27. The van der Waals surface area contributed by atoms with Crippen LogP contribution >= 0.6 is 39.1 Å². The lowest BCUT2D eigenvalue weighted by molar-refractivity contribution is -0.0202. The lowest BCUT2D eigenvalue weighted by Crippen LogP contribution is -2.34. The number of aromatic hydroxyl groups is 1. The highest BCUT2D eigenvalue weighted by molar-refractivity contribution is 9.10. The lowest BCUT2D eigenvalue weighted by atomic mass is 9.95. The van der Waals surface area contributed by atoms with E-state index in [0.717, 1.165) is 21.3 Å². The molecule has 0 unspecified atom stereocenters. The zero-order valence-corrected chi connectivity index (χ0v) is 18.1. The second kappa shape index (κ2) is 7.24. The van der Waals surface area contributed by atoms with Crippen LogP contribution in [0.4, 0.5) is 0 Å². The molecule has 3 aromatic rings. The minimum absolute atomic E-state index is 0.103. The average molecular weight is 490 g/mol. The number of hydrazone groups is 1. The Morgan fingerprint density at radius 3 is 2.62 bits per heavy atom. The fourth-order valence-electron chi connectivity index (χ4n) is 3.85. The monoisotopic (exact) mass is 488 g/mol. The van der Waals surface area contributed by atoms with Crippen LogP contribution in [0.15, 0.2) is 70.2 Å². The van der Waals surface area contributed by atoms with Gasteiger partial charge in [0.25, 0.3) is 0 Å². The molecule has 0 fully saturated rings. The summed E-state index contributed by atoms with van der Waals surface area (Å²) in [6, 6.07) is 18.7. The molecule has 0 spiro atoms. The van der Waals surface area contributed by atoms with E-state index in [1.165, 1.54) is 0 Å². The van der Waals surface area contributed by atoms with Gasteiger partial charge in [-0.2, -0.15) is 5.10 Å². The molecule has 3 aromatic carbocycles. The van der Waals surface area contributed by atoms with Crippen molar-refractivity contribution in [2.45, 2.75) is 18.7 Å². The number of phenolic OH excluding ortho intramolecular Hbond substituents is 1. The lowest BCUT2D eigenvalue weighted by Gasteiger charge is -2.38. The fraction of sp³-hybridized carbons (Fsp3) is 0.136. The molecule has 0 aliphatic carbocycles. The SMILES string of the molecule is Oc1ccc(Br)cc1[C@H]1Oc2c(Cl)cc(Cl)cc2[C@@H]2CC(c3ccccc3)=NN12. The van der Waals surface area contributed by atoms with Crippen LogP contribution in [0.2, 0.25) is 10.0 Å². The molecular weight excluding hydrogens is 475 g/mol. The van der Waals surface area contributed by atoms with Crippen molar-refractivity contribution in [3.8, 4) is 11.5 Å². The molecule has 0 saturated carbocycles. The van der Waals surface area contributed by atoms with Crippen LogP contribution in [-0.4, -0.2) is 15.8 Å². The van der Waals surface area contributed by atoms with Crippen LogP contribution in [0, 0.1) is 0 Å². The van der Waals surface area contributed by atoms with Gasteiger partial charge in [-0.25, -0.2) is 5.01 Å². The molecule has 0 aromatic heterocycles. The Hall–Kier alpha value is -2.21. The Bertz CT molecular complexity index is 1140. The molecule has 2 aliphatic heterocycles. The molecule has 7 heteroatoms. The van der Waals surface area contributed by atoms with E-state index in [-0.39, 0.29) is 11.8 Å². The minimum Gasteiger partial charge on any atom is -0.507 e. The molecule has 5 rings (SSSR count). The van der Waals surface area contributed by atoms with Gasteiger partial charge in [0.15, 0.2) is 0 Å². The van der Waals surface area contributed by atoms with E-state index in [0.29, 0.717) is 27.8 Å². The second-order valence-electron chi connectivity index (χ2n) is 6.99. The van der Waals surface area contributed by atoms with Gasteiger partial charge in [0, 0.05) is 21.5 Å². The smallest absolute Gasteiger partial charge is 0.217 e. The molecule has 2 aliphatic rings. The number of ether oxygens (including phenoxy) is 1. The van der Waals surface area contributed by atoms with Crippen molar-refractivity contribution in [3.05, 3.63) is 91.9 Å². The summed E-state index contributed by atoms with van der Waals surface area (Å²) < 4.78 is 7.12. The predicted molar refractivity (Wildman–Crippen MR) is 118 cm³/mol. The van der Waals surface area contributed by atoms with Gasteiger partial charge in [-0.1, -0.05) is 69.5 Å². The molecule has 2 heterocycles. The molecule has 0 radical (unpaired) electrons. The quantitative estimate of drug-likeness (QED) is 0.435. The normalized spacial score (nSPS) is 20.0. The molecule has 0 amide bonds. The predicted octanol–water partition coefficient (Wildman–Crippen LogP) is 6.70. The highest BCUT2D eigenvalue weighted by atomic mass is 79.9. The Morgan fingerprint density at radius 1 is 1.03 bits per heavy atom. The highest BCUT2D eigenvalue weighted by Crippen LogP contribution is 2.51. The van der Waals surface area contributed by atoms with Crippen molar-refractivity contribution >= 4 is 44.8 Å². The molecule has 1 N–H and O–H groups in total. The summed E-state index contributed by atoms with van der Waals surface area (Å²) in [6.45, 7) is 0. The van der Waals surface area contributed by atoms with Gasteiger partial charge >= 0.3 is 0 Å². The van der Waals surface area contributed by atoms with E-state index < -0.39 is 6.23 Å². The summed E-state index contributed by atoms with van der Waals surface area (Å²) >= 11 is 16.2. The van der Waals surface area contributed by atoms with Gasteiger partial charge in [-0.15, -0.1) is 0 Å². The third-order valence-electron chi connectivity index (χ3n) is 5.17. The Labute approximate surface area is 186 Å². The number of phenols is 1. The maximum atomic E-state index is 10.5. The number of hydrogen-bond donors (Lipinski definition) is 1. The van der Waals surface area contributed by atoms with Gasteiger partial charge < -0.3 is 9.84 Å². The highest BCUT2D eigenvalue weighted by Gasteiger charge is 2.42. The Morgan fingerprint density at radius 2 is 1.83 bits per heavy atom. The van der Waals surface area contributed by atoms with E-state index in [2.05, 4.69) is 15.9 Å². The summed E-state index contributed by atoms with van der Waals surface area (Å²) in [6.07, 6.45) is 0.0624. The van der Waals surface area contributed by atoms with Crippen molar-refractivity contribution < 1.29 is 9.84 Å². The molecule has 146 valence electrons. The van der Waals surface area contributed by atoms with E-state index >= 15 is 0 Å². The minimum atomic E-state index is -0.620. The summed E-state index contributed by atoms with van der Waals surface area (Å²) in [4.78, 5) is 0. The molecular formula is C22H15BrCl2N2O2. The first-order valence-electron chi connectivity index (χ1n) is 9.06. The summed E-state index contributed by atoms with van der Waals surface area (Å²) in [5.74, 6) is 0.708. The van der Waals surface area contributed by atoms with E-state index in [1.807, 2.05) is 47.5 Å². The van der Waals surface area contributed by atoms with Crippen molar-refractivity contribution in [3.63, 3.8) is 0 Å². The summed E-state index contributed by atoms with van der Waals surface area (Å²) in [7, 11) is 0. The van der Waals surface area contributed by atoms with Gasteiger partial charge in [-0.3, -0.25) is 0 Å². The molecule has 29 heavy (non-hydrogen) atoms. The largest absolute Gasteiger partial charge is 0.507 e. The van der Waals surface area contributed by atoms with Gasteiger partial charge in [-0.05, 0) is 35.9 Å². The fourth-order valence-corrected chi connectivity index (χ4v) is 4.78. The number of halogens is 3. The van der Waals surface area contributed by atoms with E-state index in [4.69, 9.17) is 33.0 Å². The Balaban J connectivity index is 1.67. The number of fused-ring (bicyclic) bond motifs is 3. The zero-order chi connectivity index (χ0) is 20.1. The standard InChI is InChI=1S/C22H15BrCl2N2O2/c23-13-6-7-20(28)16(8-13)22-27-19(11-18(26-27)12-4-2-1-3-5-12)15-9-14(24)10-17(25)21(15)29-22/h1-10,19,22,28H,11H2/t19-,22+/m0/s1. The summed E-state index contributed by atoms with van der Waals surface area (Å²) in [5, 5.41) is 18.3. The van der Waals surface area contributed by atoms with Crippen LogP contribution < -0.4 is 4.74 Å². The number of rotatable bonds is 2. The van der Waals surface area contributed by atoms with Crippen molar-refractivity contribution in [2.24, 2.45) is 5.10 Å².